The van der Waals surface area contributed by atoms with E-state index in [4.69, 9.17) is 10.5 Å². The number of allylic oxidation sites excluding steroid dienone is 1. The molecule has 1 aliphatic rings. The number of rotatable bonds is 5. The molecule has 0 radical (unpaired) electrons. The summed E-state index contributed by atoms with van der Waals surface area (Å²) in [7, 11) is 0. The molecule has 0 aromatic rings. The van der Waals surface area contributed by atoms with E-state index >= 15 is 0 Å². The van der Waals surface area contributed by atoms with Crippen LogP contribution in [0.3, 0.4) is 0 Å². The van der Waals surface area contributed by atoms with Crippen molar-refractivity contribution in [3.05, 3.63) is 12.7 Å². The maximum Gasteiger partial charge on any atom is 0.0597 e. The number of nitrogens with two attached hydrogens (primary N) is 1. The predicted molar refractivity (Wildman–Crippen MR) is 64.7 cm³/mol. The maximum absolute atomic E-state index is 6.25. The van der Waals surface area contributed by atoms with Crippen molar-refractivity contribution in [3.63, 3.8) is 0 Å². The molecule has 88 valence electrons. The van der Waals surface area contributed by atoms with Gasteiger partial charge in [-0.3, -0.25) is 0 Å². The second-order valence-corrected chi connectivity index (χ2v) is 4.87. The molecule has 5 atom stereocenters. The van der Waals surface area contributed by atoms with Gasteiger partial charge in [-0.25, -0.2) is 0 Å². The van der Waals surface area contributed by atoms with Gasteiger partial charge in [-0.1, -0.05) is 13.0 Å². The predicted octanol–water partition coefficient (Wildman–Crippen LogP) is 2.73. The zero-order chi connectivity index (χ0) is 11.4. The van der Waals surface area contributed by atoms with Crippen molar-refractivity contribution < 1.29 is 4.74 Å². The quantitative estimate of drug-likeness (QED) is 0.560. The lowest BCUT2D eigenvalue weighted by molar-refractivity contribution is 0.0487. The Bertz CT molecular complexity index is 205. The SMILES string of the molecule is C=CCCCC(N)C1C(C)OC(C)C1C. The second kappa shape index (κ2) is 5.66. The molecule has 2 heteroatoms. The van der Waals surface area contributed by atoms with Gasteiger partial charge in [-0.05, 0) is 39.0 Å². The summed E-state index contributed by atoms with van der Waals surface area (Å²) in [6.07, 6.45) is 5.94. The Morgan fingerprint density at radius 2 is 2.00 bits per heavy atom. The third-order valence-corrected chi connectivity index (χ3v) is 3.76. The summed E-state index contributed by atoms with van der Waals surface area (Å²) < 4.78 is 5.81. The fraction of sp³-hybridized carbons (Fsp3) is 0.846. The topological polar surface area (TPSA) is 35.2 Å². The molecule has 0 aromatic carbocycles. The summed E-state index contributed by atoms with van der Waals surface area (Å²) >= 11 is 0. The molecule has 2 nitrogen and oxygen atoms in total. The van der Waals surface area contributed by atoms with Gasteiger partial charge in [-0.2, -0.15) is 0 Å². The van der Waals surface area contributed by atoms with Crippen LogP contribution >= 0.6 is 0 Å². The van der Waals surface area contributed by atoms with E-state index in [0.29, 0.717) is 24.0 Å². The normalized spacial score (nSPS) is 37.9. The Hall–Kier alpha value is -0.340. The summed E-state index contributed by atoms with van der Waals surface area (Å²) in [5, 5.41) is 0. The van der Waals surface area contributed by atoms with Gasteiger partial charge in [-0.15, -0.1) is 6.58 Å². The molecule has 1 rings (SSSR count). The molecule has 1 fully saturated rings. The first kappa shape index (κ1) is 12.7. The van der Waals surface area contributed by atoms with E-state index in [0.717, 1.165) is 19.3 Å². The van der Waals surface area contributed by atoms with E-state index < -0.39 is 0 Å². The minimum atomic E-state index is 0.278. The van der Waals surface area contributed by atoms with Gasteiger partial charge in [0.1, 0.15) is 0 Å². The van der Waals surface area contributed by atoms with Crippen molar-refractivity contribution in [2.75, 3.05) is 0 Å². The molecular weight excluding hydrogens is 186 g/mol. The molecule has 0 spiro atoms. The molecule has 0 aromatic heterocycles. The summed E-state index contributed by atoms with van der Waals surface area (Å²) in [5.74, 6) is 1.10. The molecule has 0 amide bonds. The smallest absolute Gasteiger partial charge is 0.0597 e. The van der Waals surface area contributed by atoms with Gasteiger partial charge >= 0.3 is 0 Å². The Morgan fingerprint density at radius 3 is 2.47 bits per heavy atom. The highest BCUT2D eigenvalue weighted by Crippen LogP contribution is 2.35. The third-order valence-electron chi connectivity index (χ3n) is 3.76. The molecule has 1 aliphatic heterocycles. The van der Waals surface area contributed by atoms with Crippen LogP contribution in [-0.2, 0) is 4.74 Å². The average molecular weight is 211 g/mol. The number of hydrogen-bond acceptors (Lipinski definition) is 2. The zero-order valence-corrected chi connectivity index (χ0v) is 10.3. The molecule has 15 heavy (non-hydrogen) atoms. The minimum absolute atomic E-state index is 0.278. The Morgan fingerprint density at radius 1 is 1.33 bits per heavy atom. The highest BCUT2D eigenvalue weighted by atomic mass is 16.5. The van der Waals surface area contributed by atoms with Crippen LogP contribution in [0.5, 0.6) is 0 Å². The van der Waals surface area contributed by atoms with Crippen molar-refractivity contribution >= 4 is 0 Å². The zero-order valence-electron chi connectivity index (χ0n) is 10.3. The molecule has 5 unspecified atom stereocenters. The second-order valence-electron chi connectivity index (χ2n) is 4.87. The van der Waals surface area contributed by atoms with Gasteiger partial charge in [0.25, 0.3) is 0 Å². The third kappa shape index (κ3) is 3.05. The van der Waals surface area contributed by atoms with Crippen LogP contribution in [0.2, 0.25) is 0 Å². The van der Waals surface area contributed by atoms with Crippen LogP contribution in [0, 0.1) is 11.8 Å². The van der Waals surface area contributed by atoms with Crippen molar-refractivity contribution in [3.8, 4) is 0 Å². The summed E-state index contributed by atoms with van der Waals surface area (Å²) in [6, 6.07) is 0.278. The molecule has 0 bridgehead atoms. The standard InChI is InChI=1S/C13H25NO/c1-5-6-7-8-12(14)13-9(2)10(3)15-11(13)4/h5,9-13H,1,6-8,14H2,2-4H3. The number of unbranched alkanes of at least 4 members (excludes halogenated alkanes) is 1. The first-order valence-electron chi connectivity index (χ1n) is 6.09. The fourth-order valence-corrected chi connectivity index (χ4v) is 2.72. The monoisotopic (exact) mass is 211 g/mol. The molecule has 2 N–H and O–H groups in total. The number of ether oxygens (including phenoxy) is 1. The summed E-state index contributed by atoms with van der Waals surface area (Å²) in [5.41, 5.74) is 6.25. The highest BCUT2D eigenvalue weighted by molar-refractivity contribution is 4.90. The van der Waals surface area contributed by atoms with E-state index in [-0.39, 0.29) is 6.04 Å². The summed E-state index contributed by atoms with van der Waals surface area (Å²) in [6.45, 7) is 10.3. The number of hydrogen-bond donors (Lipinski definition) is 1. The average Bonchev–Trinajstić information content (AvgIpc) is 2.41. The van der Waals surface area contributed by atoms with Gasteiger partial charge in [0.15, 0.2) is 0 Å². The van der Waals surface area contributed by atoms with E-state index in [1.807, 2.05) is 6.08 Å². The molecule has 0 saturated carbocycles. The van der Waals surface area contributed by atoms with E-state index in [2.05, 4.69) is 27.4 Å². The van der Waals surface area contributed by atoms with E-state index in [9.17, 15) is 0 Å². The van der Waals surface area contributed by atoms with Crippen LogP contribution < -0.4 is 5.73 Å². The van der Waals surface area contributed by atoms with Crippen molar-refractivity contribution in [2.45, 2.75) is 58.3 Å². The minimum Gasteiger partial charge on any atom is -0.375 e. The van der Waals surface area contributed by atoms with Gasteiger partial charge in [0, 0.05) is 12.0 Å². The largest absolute Gasteiger partial charge is 0.375 e. The van der Waals surface area contributed by atoms with Gasteiger partial charge in [0.05, 0.1) is 12.2 Å². The highest BCUT2D eigenvalue weighted by Gasteiger charge is 2.39. The summed E-state index contributed by atoms with van der Waals surface area (Å²) in [4.78, 5) is 0. The van der Waals surface area contributed by atoms with Crippen LogP contribution in [0.25, 0.3) is 0 Å². The van der Waals surface area contributed by atoms with Gasteiger partial charge in [0.2, 0.25) is 0 Å². The lowest BCUT2D eigenvalue weighted by Crippen LogP contribution is -2.37. The molecule has 0 aliphatic carbocycles. The molecule has 1 saturated heterocycles. The van der Waals surface area contributed by atoms with Crippen LogP contribution in [0.4, 0.5) is 0 Å². The molecule has 1 heterocycles. The Balaban J connectivity index is 2.43. The first-order valence-corrected chi connectivity index (χ1v) is 6.09. The fourth-order valence-electron chi connectivity index (χ4n) is 2.72. The molecular formula is C13H25NO. The van der Waals surface area contributed by atoms with E-state index in [1.54, 1.807) is 0 Å². The van der Waals surface area contributed by atoms with Crippen LogP contribution in [0.1, 0.15) is 40.0 Å². The van der Waals surface area contributed by atoms with Gasteiger partial charge < -0.3 is 10.5 Å². The van der Waals surface area contributed by atoms with Crippen LogP contribution in [0.15, 0.2) is 12.7 Å². The Kier molecular flexibility index (Phi) is 4.81. The van der Waals surface area contributed by atoms with Crippen LogP contribution in [-0.4, -0.2) is 18.2 Å². The maximum atomic E-state index is 6.25. The van der Waals surface area contributed by atoms with Crippen molar-refractivity contribution in [2.24, 2.45) is 17.6 Å². The Labute approximate surface area is 93.9 Å². The lowest BCUT2D eigenvalue weighted by atomic mass is 9.82. The van der Waals surface area contributed by atoms with E-state index in [1.165, 1.54) is 0 Å². The lowest BCUT2D eigenvalue weighted by Gasteiger charge is -2.25. The van der Waals surface area contributed by atoms with Crippen molar-refractivity contribution in [1.82, 2.24) is 0 Å². The van der Waals surface area contributed by atoms with Crippen molar-refractivity contribution in [1.29, 1.82) is 0 Å². The first-order chi connectivity index (χ1) is 7.07.